The van der Waals surface area contributed by atoms with E-state index in [4.69, 9.17) is 5.73 Å². The van der Waals surface area contributed by atoms with Gasteiger partial charge in [0.2, 0.25) is 0 Å². The number of likely N-dealkylation sites (tertiary alicyclic amines) is 1. The fraction of sp³-hybridized carbons (Fsp3) is 1.00. The summed E-state index contributed by atoms with van der Waals surface area (Å²) in [6.45, 7) is 14.2. The van der Waals surface area contributed by atoms with Crippen molar-refractivity contribution in [2.24, 2.45) is 23.0 Å². The molecule has 1 atom stereocenters. The molecule has 0 spiro atoms. The number of nitrogens with zero attached hydrogens (tertiary/aromatic N) is 1. The van der Waals surface area contributed by atoms with Crippen LogP contribution in [-0.4, -0.2) is 31.1 Å². The van der Waals surface area contributed by atoms with Crippen molar-refractivity contribution in [2.45, 2.75) is 59.8 Å². The second-order valence-corrected chi connectivity index (χ2v) is 7.31. The molecule has 0 aromatic carbocycles. The first-order chi connectivity index (χ1) is 8.43. The maximum atomic E-state index is 5.75. The number of hydrogen-bond donors (Lipinski definition) is 1. The van der Waals surface area contributed by atoms with Crippen molar-refractivity contribution in [1.29, 1.82) is 0 Å². The zero-order valence-electron chi connectivity index (χ0n) is 13.0. The highest BCUT2D eigenvalue weighted by Crippen LogP contribution is 2.32. The van der Waals surface area contributed by atoms with E-state index in [9.17, 15) is 0 Å². The molecule has 2 nitrogen and oxygen atoms in total. The van der Waals surface area contributed by atoms with Crippen LogP contribution in [0.2, 0.25) is 0 Å². The number of rotatable bonds is 6. The third kappa shape index (κ3) is 5.71. The molecule has 2 N–H and O–H groups in total. The lowest BCUT2D eigenvalue weighted by Crippen LogP contribution is -2.34. The fourth-order valence-corrected chi connectivity index (χ4v) is 3.06. The minimum atomic E-state index is 0.412. The molecule has 1 aliphatic heterocycles. The molecule has 1 unspecified atom stereocenters. The Morgan fingerprint density at radius 1 is 1.17 bits per heavy atom. The first-order valence-electron chi connectivity index (χ1n) is 7.86. The quantitative estimate of drug-likeness (QED) is 0.786. The lowest BCUT2D eigenvalue weighted by atomic mass is 9.76. The van der Waals surface area contributed by atoms with Gasteiger partial charge in [0.05, 0.1) is 0 Å². The van der Waals surface area contributed by atoms with Crippen LogP contribution in [0.3, 0.4) is 0 Å². The van der Waals surface area contributed by atoms with E-state index in [0.29, 0.717) is 5.41 Å². The molecule has 108 valence electrons. The van der Waals surface area contributed by atoms with Crippen LogP contribution < -0.4 is 5.73 Å². The van der Waals surface area contributed by atoms with Gasteiger partial charge in [0.1, 0.15) is 0 Å². The average Bonchev–Trinajstić information content (AvgIpc) is 2.29. The van der Waals surface area contributed by atoms with Gasteiger partial charge in [-0.2, -0.15) is 0 Å². The second-order valence-electron chi connectivity index (χ2n) is 7.31. The number of hydrogen-bond acceptors (Lipinski definition) is 2. The van der Waals surface area contributed by atoms with Crippen molar-refractivity contribution < 1.29 is 0 Å². The van der Waals surface area contributed by atoms with E-state index in [1.54, 1.807) is 0 Å². The Morgan fingerprint density at radius 2 is 1.78 bits per heavy atom. The van der Waals surface area contributed by atoms with E-state index in [2.05, 4.69) is 32.6 Å². The molecule has 1 saturated heterocycles. The minimum Gasteiger partial charge on any atom is -0.330 e. The van der Waals surface area contributed by atoms with Crippen LogP contribution in [0.1, 0.15) is 59.8 Å². The van der Waals surface area contributed by atoms with Gasteiger partial charge in [-0.25, -0.2) is 0 Å². The maximum absolute atomic E-state index is 5.75. The Labute approximate surface area is 114 Å². The zero-order valence-corrected chi connectivity index (χ0v) is 13.0. The summed E-state index contributed by atoms with van der Waals surface area (Å²) in [5.74, 6) is 1.73. The maximum Gasteiger partial charge on any atom is -0.00162 e. The van der Waals surface area contributed by atoms with Crippen LogP contribution in [0.5, 0.6) is 0 Å². The topological polar surface area (TPSA) is 29.3 Å². The van der Waals surface area contributed by atoms with Gasteiger partial charge in [0, 0.05) is 0 Å². The molecule has 18 heavy (non-hydrogen) atoms. The molecule has 0 aliphatic carbocycles. The minimum absolute atomic E-state index is 0.412. The first kappa shape index (κ1) is 16.0. The molecule has 1 fully saturated rings. The summed E-state index contributed by atoms with van der Waals surface area (Å²) in [5.41, 5.74) is 6.16. The van der Waals surface area contributed by atoms with Gasteiger partial charge in [-0.1, -0.05) is 27.7 Å². The van der Waals surface area contributed by atoms with Crippen LogP contribution in [0.4, 0.5) is 0 Å². The van der Waals surface area contributed by atoms with E-state index in [0.717, 1.165) is 18.4 Å². The highest BCUT2D eigenvalue weighted by Gasteiger charge is 2.23. The lowest BCUT2D eigenvalue weighted by molar-refractivity contribution is 0.167. The highest BCUT2D eigenvalue weighted by molar-refractivity contribution is 4.76. The monoisotopic (exact) mass is 254 g/mol. The summed E-state index contributed by atoms with van der Waals surface area (Å²) in [7, 11) is 0. The first-order valence-corrected chi connectivity index (χ1v) is 7.86. The lowest BCUT2D eigenvalue weighted by Gasteiger charge is -2.33. The van der Waals surface area contributed by atoms with Gasteiger partial charge in [0.25, 0.3) is 0 Å². The van der Waals surface area contributed by atoms with Crippen LogP contribution in [0.25, 0.3) is 0 Å². The van der Waals surface area contributed by atoms with Crippen molar-refractivity contribution in [3.05, 3.63) is 0 Å². The van der Waals surface area contributed by atoms with Crippen LogP contribution in [-0.2, 0) is 0 Å². The molecule has 0 aromatic rings. The van der Waals surface area contributed by atoms with E-state index in [-0.39, 0.29) is 0 Å². The normalized spacial score (nSPS) is 21.2. The van der Waals surface area contributed by atoms with E-state index < -0.39 is 0 Å². The molecule has 2 heteroatoms. The summed E-state index contributed by atoms with van der Waals surface area (Å²) < 4.78 is 0. The summed E-state index contributed by atoms with van der Waals surface area (Å²) in [5, 5.41) is 0. The fourth-order valence-electron chi connectivity index (χ4n) is 3.06. The van der Waals surface area contributed by atoms with Gasteiger partial charge in [0.15, 0.2) is 0 Å². The second kappa shape index (κ2) is 7.49. The summed E-state index contributed by atoms with van der Waals surface area (Å²) >= 11 is 0. The van der Waals surface area contributed by atoms with Crippen molar-refractivity contribution in [1.82, 2.24) is 4.90 Å². The van der Waals surface area contributed by atoms with E-state index in [1.165, 1.54) is 51.7 Å². The predicted octanol–water partition coefficient (Wildman–Crippen LogP) is 3.51. The van der Waals surface area contributed by atoms with Crippen LogP contribution in [0, 0.1) is 17.3 Å². The molecule has 1 rings (SSSR count). The summed E-state index contributed by atoms with van der Waals surface area (Å²) in [4.78, 5) is 2.65. The molecule has 0 aromatic heterocycles. The van der Waals surface area contributed by atoms with Crippen molar-refractivity contribution >= 4 is 0 Å². The Morgan fingerprint density at radius 3 is 2.28 bits per heavy atom. The Hall–Kier alpha value is -0.0800. The van der Waals surface area contributed by atoms with Crippen molar-refractivity contribution in [3.8, 4) is 0 Å². The van der Waals surface area contributed by atoms with Crippen LogP contribution in [0.15, 0.2) is 0 Å². The molecule has 0 amide bonds. The number of piperidine rings is 1. The number of nitrogens with two attached hydrogens (primary N) is 1. The largest absolute Gasteiger partial charge is 0.330 e. The molecular weight excluding hydrogens is 220 g/mol. The van der Waals surface area contributed by atoms with E-state index >= 15 is 0 Å². The standard InChI is InChI=1S/C16H34N2/c1-14-8-12-18(13-9-14)11-5-6-15(7-10-17)16(2,3)4/h14-15H,5-13,17H2,1-4H3. The van der Waals surface area contributed by atoms with Crippen LogP contribution >= 0.6 is 0 Å². The molecular formula is C16H34N2. The molecule has 0 saturated carbocycles. The zero-order chi connectivity index (χ0) is 13.6. The molecule has 1 heterocycles. The Bertz CT molecular complexity index is 212. The van der Waals surface area contributed by atoms with Gasteiger partial charge >= 0.3 is 0 Å². The summed E-state index contributed by atoms with van der Waals surface area (Å²) in [6.07, 6.45) is 6.65. The third-order valence-corrected chi connectivity index (χ3v) is 4.64. The summed E-state index contributed by atoms with van der Waals surface area (Å²) in [6, 6.07) is 0. The SMILES string of the molecule is CC1CCN(CCCC(CCN)C(C)(C)C)CC1. The molecule has 0 bridgehead atoms. The Balaban J connectivity index is 2.22. The van der Waals surface area contributed by atoms with Gasteiger partial charge in [-0.15, -0.1) is 0 Å². The smallest absolute Gasteiger partial charge is 0.00162 e. The van der Waals surface area contributed by atoms with E-state index in [1.807, 2.05) is 0 Å². The molecule has 1 aliphatic rings. The predicted molar refractivity (Wildman–Crippen MR) is 80.7 cm³/mol. The Kier molecular flexibility index (Phi) is 6.65. The average molecular weight is 254 g/mol. The third-order valence-electron chi connectivity index (χ3n) is 4.64. The van der Waals surface area contributed by atoms with Gasteiger partial charge in [-0.05, 0) is 75.5 Å². The molecule has 0 radical (unpaired) electrons. The van der Waals surface area contributed by atoms with Gasteiger partial charge < -0.3 is 10.6 Å². The van der Waals surface area contributed by atoms with Gasteiger partial charge in [-0.3, -0.25) is 0 Å². The van der Waals surface area contributed by atoms with Crippen molar-refractivity contribution in [3.63, 3.8) is 0 Å². The highest BCUT2D eigenvalue weighted by atomic mass is 15.1. The van der Waals surface area contributed by atoms with Crippen molar-refractivity contribution in [2.75, 3.05) is 26.2 Å².